The Morgan fingerprint density at radius 3 is 2.75 bits per heavy atom. The lowest BCUT2D eigenvalue weighted by Crippen LogP contribution is -1.99. The number of rotatable bonds is 3. The summed E-state index contributed by atoms with van der Waals surface area (Å²) in [6, 6.07) is 5.95. The van der Waals surface area contributed by atoms with Gasteiger partial charge in [-0.15, -0.1) is 0 Å². The third-order valence-corrected chi connectivity index (χ3v) is 3.47. The van der Waals surface area contributed by atoms with Crippen molar-refractivity contribution in [1.82, 2.24) is 4.98 Å². The summed E-state index contributed by atoms with van der Waals surface area (Å²) in [6.45, 7) is 3.96. The minimum absolute atomic E-state index is 0.209. The lowest BCUT2D eigenvalue weighted by molar-refractivity contribution is 0.0989. The zero-order chi connectivity index (χ0) is 11.7. The van der Waals surface area contributed by atoms with Crippen LogP contribution in [0.5, 0.6) is 0 Å². The molecule has 0 spiro atoms. The van der Waals surface area contributed by atoms with Gasteiger partial charge >= 0.3 is 0 Å². The normalized spacial score (nSPS) is 10.9. The molecule has 2 nitrogen and oxygen atoms in total. The van der Waals surface area contributed by atoms with E-state index in [1.165, 1.54) is 0 Å². The average Bonchev–Trinajstić information content (AvgIpc) is 2.68. The standard InChI is InChI=1S/C13H14BrNO/c1-3-10-12(11(16)4-2)8-6-5-7-9(14)13(8)15-10/h5-7,15H,3-4H2,1-2H3. The first-order valence-corrected chi connectivity index (χ1v) is 6.30. The van der Waals surface area contributed by atoms with Gasteiger partial charge in [0.15, 0.2) is 5.78 Å². The number of Topliss-reactive ketones (excluding diaryl/α,β-unsaturated/α-hetero) is 1. The molecule has 0 bridgehead atoms. The number of hydrogen-bond donors (Lipinski definition) is 1. The summed E-state index contributed by atoms with van der Waals surface area (Å²) in [4.78, 5) is 15.3. The molecule has 84 valence electrons. The molecule has 16 heavy (non-hydrogen) atoms. The number of benzene rings is 1. The van der Waals surface area contributed by atoms with Crippen LogP contribution in [0.4, 0.5) is 0 Å². The lowest BCUT2D eigenvalue weighted by Gasteiger charge is -1.99. The number of para-hydroxylation sites is 1. The number of carbonyl (C=O) groups excluding carboxylic acids is 1. The van der Waals surface area contributed by atoms with Crippen molar-refractivity contribution in [2.45, 2.75) is 26.7 Å². The van der Waals surface area contributed by atoms with Gasteiger partial charge in [0.25, 0.3) is 0 Å². The largest absolute Gasteiger partial charge is 0.357 e. The average molecular weight is 280 g/mol. The molecule has 0 atom stereocenters. The fraction of sp³-hybridized carbons (Fsp3) is 0.308. The molecule has 1 aromatic heterocycles. The lowest BCUT2D eigenvalue weighted by atomic mass is 10.0. The van der Waals surface area contributed by atoms with Gasteiger partial charge in [0.05, 0.1) is 5.52 Å². The molecular formula is C13H14BrNO. The van der Waals surface area contributed by atoms with Crippen LogP contribution in [0.15, 0.2) is 22.7 Å². The summed E-state index contributed by atoms with van der Waals surface area (Å²) < 4.78 is 1.01. The molecular weight excluding hydrogens is 266 g/mol. The Kier molecular flexibility index (Phi) is 3.15. The summed E-state index contributed by atoms with van der Waals surface area (Å²) >= 11 is 3.50. The molecule has 0 aliphatic carbocycles. The van der Waals surface area contributed by atoms with Crippen molar-refractivity contribution in [2.24, 2.45) is 0 Å². The molecule has 1 heterocycles. The Labute approximate surface area is 103 Å². The van der Waals surface area contributed by atoms with E-state index in [2.05, 4.69) is 27.8 Å². The highest BCUT2D eigenvalue weighted by Gasteiger charge is 2.16. The van der Waals surface area contributed by atoms with E-state index >= 15 is 0 Å². The second-order valence-electron chi connectivity index (χ2n) is 3.77. The number of aryl methyl sites for hydroxylation is 1. The van der Waals surface area contributed by atoms with Crippen LogP contribution in [0.1, 0.15) is 36.3 Å². The molecule has 2 aromatic rings. The zero-order valence-corrected chi connectivity index (χ0v) is 11.0. The van der Waals surface area contributed by atoms with Gasteiger partial charge < -0.3 is 4.98 Å². The third kappa shape index (κ3) is 1.69. The summed E-state index contributed by atoms with van der Waals surface area (Å²) in [5.41, 5.74) is 2.92. The van der Waals surface area contributed by atoms with Crippen molar-refractivity contribution in [2.75, 3.05) is 0 Å². The van der Waals surface area contributed by atoms with Crippen molar-refractivity contribution in [3.05, 3.63) is 33.9 Å². The Hall–Kier alpha value is -1.09. The van der Waals surface area contributed by atoms with E-state index in [4.69, 9.17) is 0 Å². The van der Waals surface area contributed by atoms with Gasteiger partial charge in [-0.3, -0.25) is 4.79 Å². The maximum Gasteiger partial charge on any atom is 0.165 e. The second-order valence-corrected chi connectivity index (χ2v) is 4.63. The van der Waals surface area contributed by atoms with Gasteiger partial charge in [-0.1, -0.05) is 26.0 Å². The summed E-state index contributed by atoms with van der Waals surface area (Å²) in [6.07, 6.45) is 1.40. The molecule has 1 aromatic carbocycles. The first-order valence-electron chi connectivity index (χ1n) is 5.51. The Morgan fingerprint density at radius 1 is 1.38 bits per heavy atom. The van der Waals surface area contributed by atoms with E-state index in [-0.39, 0.29) is 5.78 Å². The Bertz CT molecular complexity index is 542. The van der Waals surface area contributed by atoms with Crippen molar-refractivity contribution < 1.29 is 4.79 Å². The number of aromatic nitrogens is 1. The van der Waals surface area contributed by atoms with E-state index in [0.29, 0.717) is 6.42 Å². The van der Waals surface area contributed by atoms with Crippen molar-refractivity contribution >= 4 is 32.6 Å². The van der Waals surface area contributed by atoms with Crippen LogP contribution in [-0.2, 0) is 6.42 Å². The monoisotopic (exact) mass is 279 g/mol. The predicted octanol–water partition coefficient (Wildman–Crippen LogP) is 4.09. The van der Waals surface area contributed by atoms with Crippen LogP contribution >= 0.6 is 15.9 Å². The third-order valence-electron chi connectivity index (χ3n) is 2.81. The first kappa shape index (κ1) is 11.4. The van der Waals surface area contributed by atoms with Gasteiger partial charge in [0, 0.05) is 27.5 Å². The van der Waals surface area contributed by atoms with Crippen LogP contribution in [0.2, 0.25) is 0 Å². The van der Waals surface area contributed by atoms with Crippen LogP contribution in [0.3, 0.4) is 0 Å². The molecule has 0 radical (unpaired) electrons. The first-order chi connectivity index (χ1) is 7.69. The number of fused-ring (bicyclic) bond motifs is 1. The minimum atomic E-state index is 0.209. The van der Waals surface area contributed by atoms with Crippen molar-refractivity contribution in [3.63, 3.8) is 0 Å². The molecule has 0 aliphatic rings. The molecule has 0 saturated carbocycles. The zero-order valence-electron chi connectivity index (χ0n) is 9.43. The van der Waals surface area contributed by atoms with Crippen LogP contribution in [-0.4, -0.2) is 10.8 Å². The molecule has 0 aliphatic heterocycles. The molecule has 0 unspecified atom stereocenters. The number of H-pyrrole nitrogens is 1. The van der Waals surface area contributed by atoms with E-state index in [0.717, 1.165) is 33.1 Å². The van der Waals surface area contributed by atoms with Crippen molar-refractivity contribution in [1.29, 1.82) is 0 Å². The maximum atomic E-state index is 11.9. The summed E-state index contributed by atoms with van der Waals surface area (Å²) in [7, 11) is 0. The fourth-order valence-electron chi connectivity index (χ4n) is 2.00. The summed E-state index contributed by atoms with van der Waals surface area (Å²) in [5, 5.41) is 1.03. The molecule has 1 N–H and O–H groups in total. The van der Waals surface area contributed by atoms with Crippen LogP contribution < -0.4 is 0 Å². The molecule has 0 fully saturated rings. The smallest absolute Gasteiger partial charge is 0.165 e. The van der Waals surface area contributed by atoms with Crippen LogP contribution in [0.25, 0.3) is 10.9 Å². The maximum absolute atomic E-state index is 11.9. The predicted molar refractivity (Wildman–Crippen MR) is 70.0 cm³/mol. The van der Waals surface area contributed by atoms with Gasteiger partial charge in [-0.25, -0.2) is 0 Å². The highest BCUT2D eigenvalue weighted by atomic mass is 79.9. The number of nitrogens with one attached hydrogen (secondary N) is 1. The summed E-state index contributed by atoms with van der Waals surface area (Å²) in [5.74, 6) is 0.209. The van der Waals surface area contributed by atoms with Gasteiger partial charge in [0.1, 0.15) is 0 Å². The number of ketones is 1. The van der Waals surface area contributed by atoms with Gasteiger partial charge in [-0.05, 0) is 28.4 Å². The topological polar surface area (TPSA) is 32.9 Å². The van der Waals surface area contributed by atoms with Crippen molar-refractivity contribution in [3.8, 4) is 0 Å². The number of hydrogen-bond acceptors (Lipinski definition) is 1. The number of aromatic amines is 1. The van der Waals surface area contributed by atoms with E-state index in [9.17, 15) is 4.79 Å². The minimum Gasteiger partial charge on any atom is -0.357 e. The Morgan fingerprint density at radius 2 is 2.12 bits per heavy atom. The van der Waals surface area contributed by atoms with Gasteiger partial charge in [0.2, 0.25) is 0 Å². The molecule has 0 saturated heterocycles. The SMILES string of the molecule is CCC(=O)c1c(CC)[nH]c2c(Br)cccc12. The second kappa shape index (κ2) is 4.42. The highest BCUT2D eigenvalue weighted by Crippen LogP contribution is 2.29. The van der Waals surface area contributed by atoms with Crippen LogP contribution in [0, 0.1) is 0 Å². The number of halogens is 1. The molecule has 2 rings (SSSR count). The molecule has 3 heteroatoms. The van der Waals surface area contributed by atoms with E-state index < -0.39 is 0 Å². The van der Waals surface area contributed by atoms with E-state index in [1.54, 1.807) is 0 Å². The number of carbonyl (C=O) groups is 1. The van der Waals surface area contributed by atoms with E-state index in [1.807, 2.05) is 25.1 Å². The fourth-order valence-corrected chi connectivity index (χ4v) is 2.46. The quantitative estimate of drug-likeness (QED) is 0.844. The van der Waals surface area contributed by atoms with Gasteiger partial charge in [-0.2, -0.15) is 0 Å². The Balaban J connectivity index is 2.78. The highest BCUT2D eigenvalue weighted by molar-refractivity contribution is 9.10. The molecule has 0 amide bonds.